The van der Waals surface area contributed by atoms with Crippen molar-refractivity contribution in [3.8, 4) is 0 Å². The lowest BCUT2D eigenvalue weighted by Crippen LogP contribution is -2.42. The number of hydrogen-bond donors (Lipinski definition) is 1. The van der Waals surface area contributed by atoms with Gasteiger partial charge < -0.3 is 5.32 Å². The van der Waals surface area contributed by atoms with Gasteiger partial charge in [0, 0.05) is 19.1 Å². The zero-order chi connectivity index (χ0) is 15.2. The lowest BCUT2D eigenvalue weighted by atomic mass is 9.89. The first-order chi connectivity index (χ1) is 9.32. The van der Waals surface area contributed by atoms with Gasteiger partial charge in [0.15, 0.2) is 0 Å². The second-order valence-corrected chi connectivity index (χ2v) is 8.63. The van der Waals surface area contributed by atoms with Crippen molar-refractivity contribution in [2.24, 2.45) is 11.8 Å². The maximum atomic E-state index is 11.7. The van der Waals surface area contributed by atoms with E-state index >= 15 is 0 Å². The van der Waals surface area contributed by atoms with Gasteiger partial charge >= 0.3 is 0 Å². The van der Waals surface area contributed by atoms with Crippen LogP contribution in [0.1, 0.15) is 52.9 Å². The van der Waals surface area contributed by atoms with E-state index in [0.29, 0.717) is 31.0 Å². The van der Waals surface area contributed by atoms with Crippen molar-refractivity contribution in [2.75, 3.05) is 25.9 Å². The van der Waals surface area contributed by atoms with Crippen molar-refractivity contribution < 1.29 is 8.42 Å². The van der Waals surface area contributed by atoms with Crippen LogP contribution in [0.5, 0.6) is 0 Å². The number of rotatable bonds is 8. The van der Waals surface area contributed by atoms with Crippen LogP contribution in [0.25, 0.3) is 0 Å². The minimum Gasteiger partial charge on any atom is -0.314 e. The Morgan fingerprint density at radius 1 is 1.35 bits per heavy atom. The van der Waals surface area contributed by atoms with Crippen LogP contribution in [-0.4, -0.2) is 44.7 Å². The molecule has 0 spiro atoms. The normalized spacial score (nSPS) is 23.1. The molecule has 0 aromatic heterocycles. The van der Waals surface area contributed by atoms with Crippen LogP contribution in [0.3, 0.4) is 0 Å². The van der Waals surface area contributed by atoms with Gasteiger partial charge in [-0.25, -0.2) is 12.7 Å². The summed E-state index contributed by atoms with van der Waals surface area (Å²) in [7, 11) is -3.02. The van der Waals surface area contributed by atoms with E-state index in [4.69, 9.17) is 0 Å². The molecule has 0 aromatic carbocycles. The molecule has 1 heterocycles. The van der Waals surface area contributed by atoms with E-state index in [-0.39, 0.29) is 0 Å². The third-order valence-electron chi connectivity index (χ3n) is 4.01. The first kappa shape index (κ1) is 17.9. The highest BCUT2D eigenvalue weighted by Crippen LogP contribution is 2.24. The molecule has 5 heteroatoms. The van der Waals surface area contributed by atoms with Crippen LogP contribution in [0.15, 0.2) is 0 Å². The largest absolute Gasteiger partial charge is 0.314 e. The molecule has 0 amide bonds. The van der Waals surface area contributed by atoms with E-state index in [0.717, 1.165) is 32.2 Å². The Bertz CT molecular complexity index is 368. The molecule has 0 bridgehead atoms. The first-order valence-electron chi connectivity index (χ1n) is 8.01. The van der Waals surface area contributed by atoms with Crippen molar-refractivity contribution in [3.63, 3.8) is 0 Å². The van der Waals surface area contributed by atoms with E-state index in [1.807, 2.05) is 0 Å². The van der Waals surface area contributed by atoms with Crippen molar-refractivity contribution >= 4 is 10.0 Å². The van der Waals surface area contributed by atoms with Gasteiger partial charge in [0.05, 0.1) is 6.26 Å². The highest BCUT2D eigenvalue weighted by molar-refractivity contribution is 7.88. The molecule has 120 valence electrons. The number of sulfonamides is 1. The Hall–Kier alpha value is -0.130. The monoisotopic (exact) mass is 304 g/mol. The van der Waals surface area contributed by atoms with Gasteiger partial charge in [-0.05, 0) is 50.5 Å². The zero-order valence-corrected chi connectivity index (χ0v) is 14.4. The van der Waals surface area contributed by atoms with Crippen LogP contribution < -0.4 is 5.32 Å². The van der Waals surface area contributed by atoms with Gasteiger partial charge in [-0.3, -0.25) is 0 Å². The van der Waals surface area contributed by atoms with Gasteiger partial charge in [-0.1, -0.05) is 20.8 Å². The predicted octanol–water partition coefficient (Wildman–Crippen LogP) is 2.46. The molecule has 2 atom stereocenters. The van der Waals surface area contributed by atoms with Crippen LogP contribution in [0, 0.1) is 11.8 Å². The third kappa shape index (κ3) is 6.55. The molecule has 1 fully saturated rings. The number of piperidine rings is 1. The van der Waals surface area contributed by atoms with Crippen molar-refractivity contribution in [3.05, 3.63) is 0 Å². The molecule has 0 aliphatic carbocycles. The highest BCUT2D eigenvalue weighted by atomic mass is 32.2. The summed E-state index contributed by atoms with van der Waals surface area (Å²) < 4.78 is 25.0. The minimum absolute atomic E-state index is 0.506. The number of nitrogens with zero attached hydrogens (tertiary/aromatic N) is 1. The lowest BCUT2D eigenvalue weighted by Gasteiger charge is -2.33. The average molecular weight is 304 g/mol. The molecule has 20 heavy (non-hydrogen) atoms. The fraction of sp³-hybridized carbons (Fsp3) is 1.00. The summed E-state index contributed by atoms with van der Waals surface area (Å²) in [5.74, 6) is 1.19. The van der Waals surface area contributed by atoms with Gasteiger partial charge in [-0.15, -0.1) is 0 Å². The summed E-state index contributed by atoms with van der Waals surface area (Å²) in [6.07, 6.45) is 6.92. The second kappa shape index (κ2) is 8.35. The van der Waals surface area contributed by atoms with E-state index in [1.54, 1.807) is 4.31 Å². The molecule has 0 radical (unpaired) electrons. The van der Waals surface area contributed by atoms with E-state index in [9.17, 15) is 8.42 Å². The SMILES string of the molecule is CCCNC(CC(C)C)CC1CCCN(S(C)(=O)=O)C1. The number of hydrogen-bond acceptors (Lipinski definition) is 3. The van der Waals surface area contributed by atoms with Crippen LogP contribution in [0.4, 0.5) is 0 Å². The second-order valence-electron chi connectivity index (χ2n) is 6.65. The topological polar surface area (TPSA) is 49.4 Å². The van der Waals surface area contributed by atoms with E-state index in [1.165, 1.54) is 12.7 Å². The first-order valence-corrected chi connectivity index (χ1v) is 9.86. The molecule has 2 unspecified atom stereocenters. The van der Waals surface area contributed by atoms with Crippen molar-refractivity contribution in [1.29, 1.82) is 0 Å². The van der Waals surface area contributed by atoms with Crippen LogP contribution in [-0.2, 0) is 10.0 Å². The Balaban J connectivity index is 2.54. The minimum atomic E-state index is -3.02. The molecule has 0 saturated carbocycles. The van der Waals surface area contributed by atoms with Crippen LogP contribution >= 0.6 is 0 Å². The Morgan fingerprint density at radius 2 is 2.05 bits per heavy atom. The molecule has 1 rings (SSSR count). The molecule has 1 aliphatic rings. The summed E-state index contributed by atoms with van der Waals surface area (Å²) in [6.45, 7) is 9.16. The lowest BCUT2D eigenvalue weighted by molar-refractivity contribution is 0.229. The van der Waals surface area contributed by atoms with Gasteiger partial charge in [-0.2, -0.15) is 0 Å². The average Bonchev–Trinajstić information content (AvgIpc) is 2.34. The number of nitrogens with one attached hydrogen (secondary N) is 1. The molecule has 1 N–H and O–H groups in total. The Morgan fingerprint density at radius 3 is 2.60 bits per heavy atom. The smallest absolute Gasteiger partial charge is 0.211 e. The molecule has 1 saturated heterocycles. The summed E-state index contributed by atoms with van der Waals surface area (Å²) in [4.78, 5) is 0. The van der Waals surface area contributed by atoms with E-state index in [2.05, 4.69) is 26.1 Å². The fourth-order valence-corrected chi connectivity index (χ4v) is 4.05. The maximum Gasteiger partial charge on any atom is 0.211 e. The quantitative estimate of drug-likeness (QED) is 0.749. The standard InChI is InChI=1S/C15H32N2O2S/c1-5-8-16-15(10-13(2)3)11-14-7-6-9-17(12-14)20(4,18)19/h13-16H,5-12H2,1-4H3. The predicted molar refractivity (Wildman–Crippen MR) is 85.3 cm³/mol. The molecular formula is C15H32N2O2S. The van der Waals surface area contributed by atoms with Gasteiger partial charge in [0.1, 0.15) is 0 Å². The Kier molecular flexibility index (Phi) is 7.48. The third-order valence-corrected chi connectivity index (χ3v) is 5.28. The van der Waals surface area contributed by atoms with Crippen molar-refractivity contribution in [2.45, 2.75) is 58.9 Å². The van der Waals surface area contributed by atoms with Gasteiger partial charge in [0.2, 0.25) is 10.0 Å². The summed E-state index contributed by atoms with van der Waals surface area (Å²) in [5.41, 5.74) is 0. The summed E-state index contributed by atoms with van der Waals surface area (Å²) in [6, 6.07) is 0.527. The van der Waals surface area contributed by atoms with Crippen LogP contribution in [0.2, 0.25) is 0 Å². The van der Waals surface area contributed by atoms with E-state index < -0.39 is 10.0 Å². The molecule has 4 nitrogen and oxygen atoms in total. The molecule has 1 aliphatic heterocycles. The van der Waals surface area contributed by atoms with Crippen molar-refractivity contribution in [1.82, 2.24) is 9.62 Å². The molecule has 0 aromatic rings. The zero-order valence-electron chi connectivity index (χ0n) is 13.6. The fourth-order valence-electron chi connectivity index (χ4n) is 3.10. The maximum absolute atomic E-state index is 11.7. The Labute approximate surface area is 125 Å². The molecular weight excluding hydrogens is 272 g/mol. The van der Waals surface area contributed by atoms with Gasteiger partial charge in [0.25, 0.3) is 0 Å². The summed E-state index contributed by atoms with van der Waals surface area (Å²) >= 11 is 0. The highest BCUT2D eigenvalue weighted by Gasteiger charge is 2.27. The summed E-state index contributed by atoms with van der Waals surface area (Å²) in [5, 5.41) is 3.63.